The molecule has 2 heterocycles. The van der Waals surface area contributed by atoms with Crippen molar-refractivity contribution in [1.82, 2.24) is 4.90 Å². The molecule has 1 aliphatic heterocycles. The van der Waals surface area contributed by atoms with Crippen LogP contribution in [0.2, 0.25) is 0 Å². The van der Waals surface area contributed by atoms with Crippen molar-refractivity contribution in [2.24, 2.45) is 0 Å². The van der Waals surface area contributed by atoms with Crippen LogP contribution in [-0.4, -0.2) is 23.8 Å². The maximum atomic E-state index is 12.2. The van der Waals surface area contributed by atoms with Gasteiger partial charge in [0.2, 0.25) is 0 Å². The molecule has 2 nitrogen and oxygen atoms in total. The fourth-order valence-electron chi connectivity index (χ4n) is 2.54. The van der Waals surface area contributed by atoms with Crippen molar-refractivity contribution in [1.29, 1.82) is 0 Å². The standard InChI is InChI=1S/C16H16BrNOS/c17-14-3-1-12(2-4-14)15(19)5-8-18-9-6-16-13(11-18)7-10-20-16/h1-4,7,10H,5-6,8-9,11H2. The van der Waals surface area contributed by atoms with Gasteiger partial charge in [-0.1, -0.05) is 28.1 Å². The first-order chi connectivity index (χ1) is 9.72. The summed E-state index contributed by atoms with van der Waals surface area (Å²) in [7, 11) is 0. The highest BCUT2D eigenvalue weighted by Crippen LogP contribution is 2.24. The lowest BCUT2D eigenvalue weighted by Crippen LogP contribution is -2.31. The number of thiophene rings is 1. The number of nitrogens with zero attached hydrogens (tertiary/aromatic N) is 1. The minimum Gasteiger partial charge on any atom is -0.298 e. The molecule has 3 rings (SSSR count). The molecule has 0 amide bonds. The van der Waals surface area contributed by atoms with Gasteiger partial charge in [-0.25, -0.2) is 0 Å². The Morgan fingerprint density at radius 1 is 1.25 bits per heavy atom. The van der Waals surface area contributed by atoms with E-state index in [-0.39, 0.29) is 5.78 Å². The van der Waals surface area contributed by atoms with Crippen LogP contribution in [-0.2, 0) is 13.0 Å². The van der Waals surface area contributed by atoms with E-state index >= 15 is 0 Å². The van der Waals surface area contributed by atoms with E-state index in [1.165, 1.54) is 10.4 Å². The molecular formula is C16H16BrNOS. The summed E-state index contributed by atoms with van der Waals surface area (Å²) in [6, 6.07) is 9.83. The van der Waals surface area contributed by atoms with Crippen LogP contribution < -0.4 is 0 Å². The van der Waals surface area contributed by atoms with Gasteiger partial charge in [-0.3, -0.25) is 9.69 Å². The van der Waals surface area contributed by atoms with Crippen LogP contribution in [0.5, 0.6) is 0 Å². The summed E-state index contributed by atoms with van der Waals surface area (Å²) in [6.45, 7) is 2.91. The average molecular weight is 350 g/mol. The molecule has 2 aromatic rings. The van der Waals surface area contributed by atoms with Crippen LogP contribution in [0.3, 0.4) is 0 Å². The zero-order chi connectivity index (χ0) is 13.9. The maximum absolute atomic E-state index is 12.2. The number of fused-ring (bicyclic) bond motifs is 1. The monoisotopic (exact) mass is 349 g/mol. The van der Waals surface area contributed by atoms with Crippen LogP contribution in [0.1, 0.15) is 27.2 Å². The first-order valence-corrected chi connectivity index (χ1v) is 8.46. The lowest BCUT2D eigenvalue weighted by atomic mass is 10.1. The molecule has 0 saturated carbocycles. The number of hydrogen-bond acceptors (Lipinski definition) is 3. The molecule has 0 N–H and O–H groups in total. The summed E-state index contributed by atoms with van der Waals surface area (Å²) in [4.78, 5) is 16.0. The van der Waals surface area contributed by atoms with Crippen molar-refractivity contribution in [3.63, 3.8) is 0 Å². The van der Waals surface area contributed by atoms with E-state index < -0.39 is 0 Å². The summed E-state index contributed by atoms with van der Waals surface area (Å²) in [5, 5.41) is 2.17. The van der Waals surface area contributed by atoms with E-state index in [0.29, 0.717) is 6.42 Å². The van der Waals surface area contributed by atoms with Gasteiger partial charge in [0.25, 0.3) is 0 Å². The molecule has 1 aliphatic rings. The summed E-state index contributed by atoms with van der Waals surface area (Å²) >= 11 is 5.24. The second kappa shape index (κ2) is 6.20. The van der Waals surface area contributed by atoms with Gasteiger partial charge in [-0.15, -0.1) is 11.3 Å². The molecule has 0 saturated heterocycles. The van der Waals surface area contributed by atoms with Gasteiger partial charge in [-0.05, 0) is 35.6 Å². The molecule has 0 aliphatic carbocycles. The first kappa shape index (κ1) is 14.0. The molecule has 0 radical (unpaired) electrons. The van der Waals surface area contributed by atoms with Crippen molar-refractivity contribution in [3.05, 3.63) is 56.2 Å². The molecule has 0 unspecified atom stereocenters. The summed E-state index contributed by atoms with van der Waals surface area (Å²) in [5.41, 5.74) is 2.25. The quantitative estimate of drug-likeness (QED) is 0.773. The number of carbonyl (C=O) groups is 1. The van der Waals surface area contributed by atoms with Crippen molar-refractivity contribution >= 4 is 33.0 Å². The van der Waals surface area contributed by atoms with Crippen molar-refractivity contribution in [3.8, 4) is 0 Å². The molecule has 104 valence electrons. The van der Waals surface area contributed by atoms with Gasteiger partial charge in [0.1, 0.15) is 0 Å². The normalized spacial score (nSPS) is 15.1. The number of carbonyl (C=O) groups excluding carboxylic acids is 1. The molecule has 0 atom stereocenters. The number of Topliss-reactive ketones (excluding diaryl/α,β-unsaturated/α-hetero) is 1. The molecule has 0 spiro atoms. The van der Waals surface area contributed by atoms with Gasteiger partial charge in [0.05, 0.1) is 0 Å². The van der Waals surface area contributed by atoms with E-state index in [1.807, 2.05) is 35.6 Å². The Morgan fingerprint density at radius 2 is 2.05 bits per heavy atom. The van der Waals surface area contributed by atoms with Crippen LogP contribution in [0, 0.1) is 0 Å². The number of benzene rings is 1. The van der Waals surface area contributed by atoms with E-state index in [4.69, 9.17) is 0 Å². The highest BCUT2D eigenvalue weighted by atomic mass is 79.9. The fraction of sp³-hybridized carbons (Fsp3) is 0.312. The van der Waals surface area contributed by atoms with Gasteiger partial charge >= 0.3 is 0 Å². The van der Waals surface area contributed by atoms with Gasteiger partial charge < -0.3 is 0 Å². The minimum absolute atomic E-state index is 0.230. The number of rotatable bonds is 4. The highest BCUT2D eigenvalue weighted by Gasteiger charge is 2.17. The Balaban J connectivity index is 1.55. The molecule has 4 heteroatoms. The Morgan fingerprint density at radius 3 is 2.85 bits per heavy atom. The topological polar surface area (TPSA) is 20.3 Å². The Kier molecular flexibility index (Phi) is 4.34. The second-order valence-corrected chi connectivity index (χ2v) is 6.99. The summed E-state index contributed by atoms with van der Waals surface area (Å²) in [6.07, 6.45) is 1.72. The molecular weight excluding hydrogens is 334 g/mol. The highest BCUT2D eigenvalue weighted by molar-refractivity contribution is 9.10. The van der Waals surface area contributed by atoms with Crippen molar-refractivity contribution < 1.29 is 4.79 Å². The molecule has 0 fully saturated rings. The SMILES string of the molecule is O=C(CCN1CCc2sccc2C1)c1ccc(Br)cc1. The largest absolute Gasteiger partial charge is 0.298 e. The first-order valence-electron chi connectivity index (χ1n) is 6.79. The smallest absolute Gasteiger partial charge is 0.164 e. The Hall–Kier alpha value is -0.970. The van der Waals surface area contributed by atoms with Crippen molar-refractivity contribution in [2.45, 2.75) is 19.4 Å². The van der Waals surface area contributed by atoms with Crippen LogP contribution >= 0.6 is 27.3 Å². The zero-order valence-electron chi connectivity index (χ0n) is 11.1. The van der Waals surface area contributed by atoms with E-state index in [9.17, 15) is 4.79 Å². The van der Waals surface area contributed by atoms with Crippen molar-refractivity contribution in [2.75, 3.05) is 13.1 Å². The minimum atomic E-state index is 0.230. The lowest BCUT2D eigenvalue weighted by molar-refractivity contribution is 0.0961. The molecule has 20 heavy (non-hydrogen) atoms. The third-order valence-electron chi connectivity index (χ3n) is 3.71. The third kappa shape index (κ3) is 3.19. The van der Waals surface area contributed by atoms with E-state index in [2.05, 4.69) is 32.3 Å². The Bertz CT molecular complexity index is 605. The number of hydrogen-bond donors (Lipinski definition) is 0. The van der Waals surface area contributed by atoms with Crippen LogP contribution in [0.4, 0.5) is 0 Å². The van der Waals surface area contributed by atoms with E-state index in [0.717, 1.165) is 36.1 Å². The van der Waals surface area contributed by atoms with Crippen LogP contribution in [0.15, 0.2) is 40.2 Å². The lowest BCUT2D eigenvalue weighted by Gasteiger charge is -2.26. The summed E-state index contributed by atoms with van der Waals surface area (Å²) < 4.78 is 1.01. The van der Waals surface area contributed by atoms with Gasteiger partial charge in [0, 0.05) is 41.0 Å². The zero-order valence-corrected chi connectivity index (χ0v) is 13.5. The average Bonchev–Trinajstić information content (AvgIpc) is 2.93. The maximum Gasteiger partial charge on any atom is 0.164 e. The molecule has 1 aromatic heterocycles. The Labute approximate surface area is 131 Å². The predicted octanol–water partition coefficient (Wildman–Crippen LogP) is 4.14. The number of ketones is 1. The summed E-state index contributed by atoms with van der Waals surface area (Å²) in [5.74, 6) is 0.230. The van der Waals surface area contributed by atoms with E-state index in [1.54, 1.807) is 0 Å². The van der Waals surface area contributed by atoms with Gasteiger partial charge in [-0.2, -0.15) is 0 Å². The third-order valence-corrected chi connectivity index (χ3v) is 5.26. The molecule has 1 aromatic carbocycles. The van der Waals surface area contributed by atoms with Crippen LogP contribution in [0.25, 0.3) is 0 Å². The molecule has 0 bridgehead atoms. The van der Waals surface area contributed by atoms with Gasteiger partial charge in [0.15, 0.2) is 5.78 Å². The predicted molar refractivity (Wildman–Crippen MR) is 86.4 cm³/mol. The second-order valence-electron chi connectivity index (χ2n) is 5.08. The number of halogens is 1. The fourth-order valence-corrected chi connectivity index (χ4v) is 3.69.